The summed E-state index contributed by atoms with van der Waals surface area (Å²) in [4.78, 5) is 3.54. The Kier molecular flexibility index (Phi) is 5.11. The maximum Gasteiger partial charge on any atom is 0.0645 e. The fraction of sp³-hybridized carbons (Fsp3) is 0.0357. The minimum absolute atomic E-state index is 0.0767. The van der Waals surface area contributed by atoms with E-state index in [1.165, 1.54) is 0 Å². The number of hydrogen-bond donors (Lipinski definition) is 0. The Hall–Kier alpha value is -7.82. The highest BCUT2D eigenvalue weighted by Crippen LogP contribution is 2.47. The number of benzene rings is 9. The molecule has 0 saturated carbocycles. The SMILES string of the molecule is [2H]c1c([2H])c([2H])c(N(c2cccc(C)c2)c2ccc3c(c2)c2cccc4c5cc6c(cc5n3c24)c2cccc3c4cc(N(c5cccc(C)c5)c5c([2H])c([2H])c([2H])c([2H])c5[2H])ccc4n6c32)c([2H])c1[2H]. The summed E-state index contributed by atoms with van der Waals surface area (Å²) in [5.41, 5.74) is 10.9. The van der Waals surface area contributed by atoms with Crippen molar-refractivity contribution >= 4 is 110 Å². The van der Waals surface area contributed by atoms with Gasteiger partial charge in [-0.2, -0.15) is 0 Å². The molecule has 4 heteroatoms. The Morgan fingerprint density at radius 2 is 0.700 bits per heavy atom. The predicted octanol–water partition coefficient (Wildman–Crippen LogP) is 15.5. The van der Waals surface area contributed by atoms with Crippen molar-refractivity contribution in [3.63, 3.8) is 0 Å². The van der Waals surface area contributed by atoms with Crippen LogP contribution in [0.15, 0.2) is 194 Å². The zero-order valence-corrected chi connectivity index (χ0v) is 32.5. The van der Waals surface area contributed by atoms with Crippen molar-refractivity contribution in [2.75, 3.05) is 9.80 Å². The number of nitrogens with zero attached hydrogens (tertiary/aromatic N) is 4. The lowest BCUT2D eigenvalue weighted by molar-refractivity contribution is 1.27. The Labute approximate surface area is 360 Å². The summed E-state index contributed by atoms with van der Waals surface area (Å²) in [6, 6.07) is 41.2. The molecule has 0 radical (unpaired) electrons. The molecule has 0 aliphatic rings. The van der Waals surface area contributed by atoms with Gasteiger partial charge in [0.05, 0.1) is 46.8 Å². The van der Waals surface area contributed by atoms with Gasteiger partial charge in [0, 0.05) is 77.2 Å². The lowest BCUT2D eigenvalue weighted by atomic mass is 10.0. The highest BCUT2D eigenvalue weighted by molar-refractivity contribution is 6.29. The molecule has 0 atom stereocenters. The molecule has 0 aliphatic heterocycles. The maximum atomic E-state index is 9.00. The fourth-order valence-corrected chi connectivity index (χ4v) is 9.76. The van der Waals surface area contributed by atoms with E-state index in [0.29, 0.717) is 22.7 Å². The zero-order chi connectivity index (χ0) is 48.3. The molecule has 4 nitrogen and oxygen atoms in total. The number of fused-ring (bicyclic) bond motifs is 12. The van der Waals surface area contributed by atoms with Crippen LogP contribution in [0.5, 0.6) is 0 Å². The van der Waals surface area contributed by atoms with Crippen molar-refractivity contribution in [3.8, 4) is 0 Å². The third kappa shape index (κ3) is 4.61. The second-order valence-electron chi connectivity index (χ2n) is 15.7. The molecular weight excluding hydrogens is 729 g/mol. The molecule has 0 spiro atoms. The van der Waals surface area contributed by atoms with Crippen LogP contribution < -0.4 is 9.80 Å². The molecule has 60 heavy (non-hydrogen) atoms. The molecule has 13 aromatic rings. The quantitative estimate of drug-likeness (QED) is 0.167. The van der Waals surface area contributed by atoms with Crippen LogP contribution in [0.25, 0.3) is 76.2 Å². The minimum atomic E-state index is -0.441. The number of rotatable bonds is 6. The minimum Gasteiger partial charge on any atom is -0.310 e. The van der Waals surface area contributed by atoms with E-state index in [9.17, 15) is 0 Å². The average molecular weight is 777 g/mol. The topological polar surface area (TPSA) is 15.3 Å². The van der Waals surface area contributed by atoms with E-state index in [1.54, 1.807) is 9.80 Å². The molecule has 0 saturated heterocycles. The Morgan fingerprint density at radius 1 is 0.333 bits per heavy atom. The molecule has 282 valence electrons. The molecular formula is C56H38N4. The van der Waals surface area contributed by atoms with Crippen LogP contribution in [0.3, 0.4) is 0 Å². The second kappa shape index (κ2) is 12.3. The maximum absolute atomic E-state index is 9.00. The largest absolute Gasteiger partial charge is 0.310 e. The highest BCUT2D eigenvalue weighted by atomic mass is 15.1. The average Bonchev–Trinajstić information content (AvgIpc) is 4.09. The monoisotopic (exact) mass is 776 g/mol. The summed E-state index contributed by atoms with van der Waals surface area (Å²) in [6.45, 7) is 3.94. The van der Waals surface area contributed by atoms with E-state index in [1.807, 2.05) is 74.5 Å². The van der Waals surface area contributed by atoms with E-state index >= 15 is 0 Å². The summed E-state index contributed by atoms with van der Waals surface area (Å²) in [5.74, 6) is 0. The summed E-state index contributed by atoms with van der Waals surface area (Å²) in [7, 11) is 0. The molecule has 0 fully saturated rings. The van der Waals surface area contributed by atoms with Gasteiger partial charge in [0.25, 0.3) is 0 Å². The van der Waals surface area contributed by atoms with E-state index < -0.39 is 36.3 Å². The van der Waals surface area contributed by atoms with E-state index in [2.05, 4.69) is 81.6 Å². The van der Waals surface area contributed by atoms with Gasteiger partial charge in [-0.1, -0.05) is 96.9 Å². The summed E-state index contributed by atoms with van der Waals surface area (Å²) in [6.07, 6.45) is 0. The standard InChI is InChI=1S/C56H38N4/c1-35-13-9-19-39(29-35)57(37-15-5-3-6-16-37)41-25-27-51-47(31-41)43-21-11-23-45-49-34-54-50(33-53(49)59(51)55(43)45)46-24-12-22-44-48-32-42(26-28-52(48)60(54)56(44)46)58(38-17-7-4-8-18-38)40-20-10-14-36(2)30-40/h3-34H,1-2H3/i3D,4D,5D,6D,7D,8D,15D,16D,17D,18D. The highest BCUT2D eigenvalue weighted by Gasteiger charge is 2.24. The first-order valence-electron chi connectivity index (χ1n) is 24.9. The molecule has 4 aromatic heterocycles. The number of para-hydroxylation sites is 4. The molecule has 4 heterocycles. The lowest BCUT2D eigenvalue weighted by Gasteiger charge is -2.26. The number of aryl methyl sites for hydroxylation is 2. The Balaban J connectivity index is 1.03. The van der Waals surface area contributed by atoms with Crippen molar-refractivity contribution in [1.82, 2.24) is 8.80 Å². The molecule has 0 aliphatic carbocycles. The number of anilines is 6. The first-order valence-corrected chi connectivity index (χ1v) is 19.9. The van der Waals surface area contributed by atoms with Gasteiger partial charge in [-0.25, -0.2) is 0 Å². The number of hydrogen-bond acceptors (Lipinski definition) is 2. The van der Waals surface area contributed by atoms with Crippen LogP contribution in [0.1, 0.15) is 24.8 Å². The van der Waals surface area contributed by atoms with Crippen molar-refractivity contribution in [2.45, 2.75) is 13.8 Å². The third-order valence-corrected chi connectivity index (χ3v) is 12.2. The molecule has 0 amide bonds. The van der Waals surface area contributed by atoms with Gasteiger partial charge in [0.2, 0.25) is 0 Å². The Morgan fingerprint density at radius 3 is 1.10 bits per heavy atom. The molecule has 9 aromatic carbocycles. The Bertz CT molecular complexity index is 4080. The van der Waals surface area contributed by atoms with E-state index in [-0.39, 0.29) is 35.5 Å². The zero-order valence-electron chi connectivity index (χ0n) is 42.5. The van der Waals surface area contributed by atoms with Gasteiger partial charge in [0.1, 0.15) is 0 Å². The van der Waals surface area contributed by atoms with Gasteiger partial charge < -0.3 is 18.6 Å². The predicted molar refractivity (Wildman–Crippen MR) is 255 cm³/mol. The van der Waals surface area contributed by atoms with Crippen LogP contribution in [0, 0.1) is 13.8 Å². The molecule has 0 unspecified atom stereocenters. The van der Waals surface area contributed by atoms with Crippen LogP contribution in [0.2, 0.25) is 0 Å². The smallest absolute Gasteiger partial charge is 0.0645 e. The van der Waals surface area contributed by atoms with Crippen molar-refractivity contribution in [3.05, 3.63) is 205 Å². The molecule has 0 N–H and O–H groups in total. The van der Waals surface area contributed by atoms with E-state index in [0.717, 1.165) is 87.3 Å². The van der Waals surface area contributed by atoms with Crippen molar-refractivity contribution < 1.29 is 13.7 Å². The van der Waals surface area contributed by atoms with Crippen LogP contribution in [-0.2, 0) is 0 Å². The van der Waals surface area contributed by atoms with Crippen LogP contribution in [-0.4, -0.2) is 8.80 Å². The second-order valence-corrected chi connectivity index (χ2v) is 15.7. The van der Waals surface area contributed by atoms with Crippen molar-refractivity contribution in [2.24, 2.45) is 0 Å². The summed E-state index contributed by atoms with van der Waals surface area (Å²) >= 11 is 0. The lowest BCUT2D eigenvalue weighted by Crippen LogP contribution is -2.09. The molecule has 13 rings (SSSR count). The number of aromatic nitrogens is 2. The summed E-state index contributed by atoms with van der Waals surface area (Å²) in [5, 5.41) is 8.28. The van der Waals surface area contributed by atoms with Gasteiger partial charge in [-0.05, 0) is 122 Å². The normalized spacial score (nSPS) is 14.5. The van der Waals surface area contributed by atoms with Gasteiger partial charge in [-0.15, -0.1) is 0 Å². The van der Waals surface area contributed by atoms with Gasteiger partial charge in [-0.3, -0.25) is 0 Å². The van der Waals surface area contributed by atoms with Gasteiger partial charge >= 0.3 is 0 Å². The first kappa shape index (κ1) is 24.8. The summed E-state index contributed by atoms with van der Waals surface area (Å²) < 4.78 is 91.5. The fourth-order valence-electron chi connectivity index (χ4n) is 9.76. The van der Waals surface area contributed by atoms with Crippen LogP contribution >= 0.6 is 0 Å². The third-order valence-electron chi connectivity index (χ3n) is 12.2. The molecule has 0 bridgehead atoms. The van der Waals surface area contributed by atoms with Gasteiger partial charge in [0.15, 0.2) is 0 Å². The van der Waals surface area contributed by atoms with Crippen LogP contribution in [0.4, 0.5) is 34.1 Å². The first-order chi connectivity index (χ1) is 33.7. The van der Waals surface area contributed by atoms with E-state index in [4.69, 9.17) is 13.7 Å². The van der Waals surface area contributed by atoms with Crippen molar-refractivity contribution in [1.29, 1.82) is 0 Å².